The van der Waals surface area contributed by atoms with Crippen molar-refractivity contribution in [3.8, 4) is 16.9 Å². The van der Waals surface area contributed by atoms with E-state index in [0.29, 0.717) is 18.0 Å². The predicted octanol–water partition coefficient (Wildman–Crippen LogP) is 5.41. The number of carbonyl (C=O) groups excluding carboxylic acids is 2. The lowest BCUT2D eigenvalue weighted by molar-refractivity contribution is -0.137. The van der Waals surface area contributed by atoms with E-state index >= 15 is 0 Å². The highest BCUT2D eigenvalue weighted by Gasteiger charge is 2.30. The number of nitrogens with zero attached hydrogens (tertiary/aromatic N) is 3. The van der Waals surface area contributed by atoms with E-state index in [1.165, 1.54) is 33.9 Å². The van der Waals surface area contributed by atoms with Gasteiger partial charge in [0.05, 0.1) is 23.6 Å². The van der Waals surface area contributed by atoms with Gasteiger partial charge in [0.15, 0.2) is 5.76 Å². The van der Waals surface area contributed by atoms with Gasteiger partial charge in [-0.05, 0) is 49.2 Å². The quantitative estimate of drug-likeness (QED) is 0.324. The third kappa shape index (κ3) is 6.20. The van der Waals surface area contributed by atoms with Crippen LogP contribution in [0.1, 0.15) is 29.0 Å². The van der Waals surface area contributed by atoms with Crippen molar-refractivity contribution in [2.75, 3.05) is 25.0 Å². The van der Waals surface area contributed by atoms with E-state index in [0.717, 1.165) is 30.5 Å². The number of halogens is 3. The van der Waals surface area contributed by atoms with Gasteiger partial charge in [-0.15, -0.1) is 0 Å². The maximum Gasteiger partial charge on any atom is 0.416 e. The number of carbonyl (C=O) groups is 2. The summed E-state index contributed by atoms with van der Waals surface area (Å²) >= 11 is 0. The van der Waals surface area contributed by atoms with Crippen LogP contribution in [-0.2, 0) is 15.7 Å². The molecule has 8 nitrogen and oxygen atoms in total. The lowest BCUT2D eigenvalue weighted by Gasteiger charge is -2.24. The number of ether oxygens (including phenoxy) is 1. The highest BCUT2D eigenvalue weighted by Crippen LogP contribution is 2.31. The summed E-state index contributed by atoms with van der Waals surface area (Å²) in [5.74, 6) is -0.799. The van der Waals surface area contributed by atoms with E-state index in [4.69, 9.17) is 9.15 Å². The van der Waals surface area contributed by atoms with Gasteiger partial charge in [0, 0.05) is 30.6 Å². The fourth-order valence-corrected chi connectivity index (χ4v) is 4.37. The van der Waals surface area contributed by atoms with Crippen molar-refractivity contribution in [2.24, 2.45) is 0 Å². The molecule has 1 aliphatic heterocycles. The minimum absolute atomic E-state index is 0.0958. The summed E-state index contributed by atoms with van der Waals surface area (Å²) in [5.41, 5.74) is 0.845. The van der Waals surface area contributed by atoms with Crippen LogP contribution < -0.4 is 5.32 Å². The molecule has 0 aliphatic carbocycles. The van der Waals surface area contributed by atoms with E-state index in [9.17, 15) is 22.8 Å². The first-order valence-electron chi connectivity index (χ1n) is 12.3. The van der Waals surface area contributed by atoms with Crippen molar-refractivity contribution >= 4 is 17.8 Å². The van der Waals surface area contributed by atoms with Crippen molar-refractivity contribution in [2.45, 2.75) is 25.1 Å². The van der Waals surface area contributed by atoms with Gasteiger partial charge >= 0.3 is 6.18 Å². The Labute approximate surface area is 222 Å². The zero-order chi connectivity index (χ0) is 27.4. The Morgan fingerprint density at radius 1 is 1.05 bits per heavy atom. The first-order chi connectivity index (χ1) is 18.8. The van der Waals surface area contributed by atoms with E-state index in [1.54, 1.807) is 12.3 Å². The van der Waals surface area contributed by atoms with Crippen molar-refractivity contribution in [1.82, 2.24) is 14.5 Å². The van der Waals surface area contributed by atoms with Gasteiger partial charge in [-0.25, -0.2) is 4.98 Å². The molecule has 3 heterocycles. The number of aromatic nitrogens is 2. The SMILES string of the molecule is O=C(CN(CC1CCCO1)C(=O)c1ccco1)Nc1nc(-c2ccccc2)cn1-c1ccc(C(F)(F)F)cc1. The highest BCUT2D eigenvalue weighted by molar-refractivity contribution is 5.97. The lowest BCUT2D eigenvalue weighted by Crippen LogP contribution is -2.42. The summed E-state index contributed by atoms with van der Waals surface area (Å²) < 4.78 is 51.7. The maximum atomic E-state index is 13.2. The number of amides is 2. The number of rotatable bonds is 8. The number of furan rings is 1. The van der Waals surface area contributed by atoms with Crippen LogP contribution in [0.15, 0.2) is 83.6 Å². The molecule has 1 fully saturated rings. The molecule has 2 aromatic carbocycles. The molecule has 1 atom stereocenters. The molecule has 1 N–H and O–H groups in total. The Bertz CT molecular complexity index is 1410. The van der Waals surface area contributed by atoms with Crippen LogP contribution in [0.2, 0.25) is 0 Å². The van der Waals surface area contributed by atoms with Crippen LogP contribution in [0.5, 0.6) is 0 Å². The summed E-state index contributed by atoms with van der Waals surface area (Å²) in [6.45, 7) is 0.488. The number of alkyl halides is 3. The number of nitrogens with one attached hydrogen (secondary N) is 1. The second kappa shape index (κ2) is 11.2. The normalized spacial score (nSPS) is 15.3. The highest BCUT2D eigenvalue weighted by atomic mass is 19.4. The topological polar surface area (TPSA) is 89.6 Å². The molecule has 0 saturated carbocycles. The second-order valence-corrected chi connectivity index (χ2v) is 9.08. The zero-order valence-electron chi connectivity index (χ0n) is 20.7. The van der Waals surface area contributed by atoms with Crippen LogP contribution in [0, 0.1) is 0 Å². The fourth-order valence-electron chi connectivity index (χ4n) is 4.37. The summed E-state index contributed by atoms with van der Waals surface area (Å²) in [5, 5.41) is 2.72. The minimum atomic E-state index is -4.48. The summed E-state index contributed by atoms with van der Waals surface area (Å²) in [6, 6.07) is 16.8. The summed E-state index contributed by atoms with van der Waals surface area (Å²) in [6.07, 6.45) is -0.0352. The van der Waals surface area contributed by atoms with Crippen molar-refractivity contribution in [1.29, 1.82) is 0 Å². The Balaban J connectivity index is 1.41. The first-order valence-corrected chi connectivity index (χ1v) is 12.3. The van der Waals surface area contributed by atoms with Crippen LogP contribution in [-0.4, -0.2) is 52.1 Å². The molecule has 5 rings (SSSR count). The minimum Gasteiger partial charge on any atom is -0.459 e. The largest absolute Gasteiger partial charge is 0.459 e. The monoisotopic (exact) mass is 538 g/mol. The molecule has 2 aromatic heterocycles. The van der Waals surface area contributed by atoms with Crippen molar-refractivity contribution in [3.63, 3.8) is 0 Å². The van der Waals surface area contributed by atoms with Gasteiger partial charge in [0.1, 0.15) is 6.54 Å². The fraction of sp³-hybridized carbons (Fsp3) is 0.250. The van der Waals surface area contributed by atoms with E-state index in [-0.39, 0.29) is 30.9 Å². The van der Waals surface area contributed by atoms with Gasteiger partial charge < -0.3 is 14.1 Å². The van der Waals surface area contributed by atoms with Crippen molar-refractivity contribution in [3.05, 3.63) is 90.5 Å². The molecule has 0 spiro atoms. The third-order valence-electron chi connectivity index (χ3n) is 6.30. The Morgan fingerprint density at radius 2 is 1.82 bits per heavy atom. The average Bonchev–Trinajstić information content (AvgIpc) is 3.71. The molecule has 1 saturated heterocycles. The molecule has 202 valence electrons. The molecule has 1 unspecified atom stereocenters. The predicted molar refractivity (Wildman–Crippen MR) is 136 cm³/mol. The van der Waals surface area contributed by atoms with Gasteiger partial charge in [0.2, 0.25) is 11.9 Å². The molecule has 0 radical (unpaired) electrons. The number of hydrogen-bond donors (Lipinski definition) is 1. The number of imidazole rings is 1. The molecule has 11 heteroatoms. The average molecular weight is 539 g/mol. The number of benzene rings is 2. The molecule has 1 aliphatic rings. The van der Waals surface area contributed by atoms with E-state index in [1.807, 2.05) is 30.3 Å². The first kappa shape index (κ1) is 26.2. The van der Waals surface area contributed by atoms with Crippen molar-refractivity contribution < 1.29 is 31.9 Å². The lowest BCUT2D eigenvalue weighted by atomic mass is 10.2. The van der Waals surface area contributed by atoms with E-state index < -0.39 is 23.6 Å². The van der Waals surface area contributed by atoms with Gasteiger partial charge in [-0.3, -0.25) is 19.5 Å². The molecule has 39 heavy (non-hydrogen) atoms. The van der Waals surface area contributed by atoms with Gasteiger partial charge in [-0.2, -0.15) is 13.2 Å². The standard InChI is InChI=1S/C28H25F3N4O4/c29-28(30,31)20-10-12-21(13-11-20)35-17-23(19-6-2-1-3-7-19)32-27(35)33-25(36)18-34(16-22-8-4-14-38-22)26(37)24-9-5-15-39-24/h1-3,5-7,9-13,15,17,22H,4,8,14,16,18H2,(H,32,33,36). The van der Waals surface area contributed by atoms with E-state index in [2.05, 4.69) is 10.3 Å². The van der Waals surface area contributed by atoms with Crippen LogP contribution in [0.3, 0.4) is 0 Å². The summed E-state index contributed by atoms with van der Waals surface area (Å²) in [7, 11) is 0. The molecular formula is C28H25F3N4O4. The Kier molecular flexibility index (Phi) is 7.51. The molecular weight excluding hydrogens is 513 g/mol. The maximum absolute atomic E-state index is 13.2. The van der Waals surface area contributed by atoms with Crippen LogP contribution in [0.25, 0.3) is 16.9 Å². The van der Waals surface area contributed by atoms with Crippen LogP contribution in [0.4, 0.5) is 19.1 Å². The molecule has 2 amide bonds. The number of hydrogen-bond acceptors (Lipinski definition) is 5. The smallest absolute Gasteiger partial charge is 0.416 e. The Hall–Kier alpha value is -4.38. The van der Waals surface area contributed by atoms with Gasteiger partial charge in [0.25, 0.3) is 5.91 Å². The van der Waals surface area contributed by atoms with Gasteiger partial charge in [-0.1, -0.05) is 30.3 Å². The van der Waals surface area contributed by atoms with Crippen LogP contribution >= 0.6 is 0 Å². The molecule has 0 bridgehead atoms. The third-order valence-corrected chi connectivity index (χ3v) is 6.30. The second-order valence-electron chi connectivity index (χ2n) is 9.08. The Morgan fingerprint density at radius 3 is 2.46 bits per heavy atom. The molecule has 4 aromatic rings. The number of anilines is 1. The summed E-state index contributed by atoms with van der Waals surface area (Å²) in [4.78, 5) is 32.2. The zero-order valence-corrected chi connectivity index (χ0v) is 20.7.